The number of Topliss-reactive ketones (excluding diaryl/α,β-unsaturated/α-hetero) is 1. The first-order valence-corrected chi connectivity index (χ1v) is 12.0. The molecule has 1 amide bonds. The number of nitrogens with one attached hydrogen (secondary N) is 1. The number of carbonyl (C=O) groups excluding carboxylic acids is 1. The van der Waals surface area contributed by atoms with Crippen LogP contribution in [0.5, 0.6) is 0 Å². The Kier molecular flexibility index (Phi) is 7.47. The molecule has 0 aliphatic heterocycles. The highest BCUT2D eigenvalue weighted by atomic mass is 28.4. The van der Waals surface area contributed by atoms with Crippen molar-refractivity contribution in [2.75, 3.05) is 0 Å². The molecular weight excluding hydrogens is 322 g/mol. The van der Waals surface area contributed by atoms with Crippen LogP contribution >= 0.6 is 0 Å². The van der Waals surface area contributed by atoms with E-state index in [2.05, 4.69) is 39.2 Å². The lowest BCUT2D eigenvalue weighted by atomic mass is 9.83. The molecule has 140 valence electrons. The normalized spacial score (nSPS) is 19.6. The van der Waals surface area contributed by atoms with Gasteiger partial charge in [-0.15, -0.1) is 0 Å². The van der Waals surface area contributed by atoms with Crippen LogP contribution in [-0.2, 0) is 9.22 Å². The van der Waals surface area contributed by atoms with Crippen molar-refractivity contribution in [3.05, 3.63) is 0 Å². The predicted octanol–water partition coefficient (Wildman–Crippen LogP) is 4.57. The van der Waals surface area contributed by atoms with Crippen LogP contribution in [0.3, 0.4) is 0 Å². The lowest BCUT2D eigenvalue weighted by molar-refractivity contribution is -0.125. The van der Waals surface area contributed by atoms with E-state index in [9.17, 15) is 14.7 Å². The predicted molar refractivity (Wildman–Crippen MR) is 98.9 cm³/mol. The van der Waals surface area contributed by atoms with Gasteiger partial charge in [-0.1, -0.05) is 52.9 Å². The van der Waals surface area contributed by atoms with Gasteiger partial charge in [-0.25, -0.2) is 4.79 Å². The molecule has 0 aromatic heterocycles. The third-order valence-corrected chi connectivity index (χ3v) is 10.1. The second-order valence-electron chi connectivity index (χ2n) is 8.71. The highest BCUT2D eigenvalue weighted by Crippen LogP contribution is 2.38. The molecule has 1 saturated carbocycles. The van der Waals surface area contributed by atoms with Crippen molar-refractivity contribution in [1.29, 1.82) is 0 Å². The maximum Gasteiger partial charge on any atom is 0.404 e. The first-order chi connectivity index (χ1) is 10.9. The van der Waals surface area contributed by atoms with Gasteiger partial charge in [-0.2, -0.15) is 0 Å². The quantitative estimate of drug-likeness (QED) is 0.654. The van der Waals surface area contributed by atoms with Crippen LogP contribution in [0.1, 0.15) is 66.2 Å². The Balaban J connectivity index is 2.95. The molecule has 24 heavy (non-hydrogen) atoms. The van der Waals surface area contributed by atoms with Crippen molar-refractivity contribution in [2.24, 2.45) is 5.92 Å². The SMILES string of the molecule is CC(=O)[C@H](O[Si](C)(C)C(C)(C)C)[C@H](CC1CCCCC1)NC(=O)O. The van der Waals surface area contributed by atoms with Gasteiger partial charge in [0, 0.05) is 0 Å². The minimum absolute atomic E-state index is 0.0285. The Morgan fingerprint density at radius 1 is 1.21 bits per heavy atom. The summed E-state index contributed by atoms with van der Waals surface area (Å²) in [7, 11) is -2.16. The van der Waals surface area contributed by atoms with Crippen LogP contribution in [0.25, 0.3) is 0 Å². The molecule has 6 heteroatoms. The molecule has 2 N–H and O–H groups in total. The number of rotatable bonds is 7. The van der Waals surface area contributed by atoms with Gasteiger partial charge in [0.05, 0.1) is 6.04 Å². The molecule has 0 unspecified atom stereocenters. The van der Waals surface area contributed by atoms with Crippen molar-refractivity contribution in [3.8, 4) is 0 Å². The smallest absolute Gasteiger partial charge is 0.404 e. The fourth-order valence-electron chi connectivity index (χ4n) is 3.14. The molecule has 2 atom stereocenters. The van der Waals surface area contributed by atoms with Gasteiger partial charge in [0.2, 0.25) is 0 Å². The number of amides is 1. The molecule has 1 rings (SSSR count). The van der Waals surface area contributed by atoms with E-state index in [0.717, 1.165) is 12.8 Å². The summed E-state index contributed by atoms with van der Waals surface area (Å²) >= 11 is 0. The topological polar surface area (TPSA) is 75.6 Å². The summed E-state index contributed by atoms with van der Waals surface area (Å²) in [4.78, 5) is 23.6. The summed E-state index contributed by atoms with van der Waals surface area (Å²) in [6, 6.07) is -0.461. The van der Waals surface area contributed by atoms with Gasteiger partial charge in [-0.3, -0.25) is 4.79 Å². The minimum Gasteiger partial charge on any atom is -0.465 e. The van der Waals surface area contributed by atoms with Crippen molar-refractivity contribution in [2.45, 2.75) is 96.5 Å². The molecule has 0 bridgehead atoms. The monoisotopic (exact) mass is 357 g/mol. The fourth-order valence-corrected chi connectivity index (χ4v) is 4.46. The Labute approximate surface area is 147 Å². The molecule has 0 spiro atoms. The second kappa shape index (κ2) is 8.47. The molecule has 0 heterocycles. The molecule has 0 aromatic carbocycles. The second-order valence-corrected chi connectivity index (χ2v) is 13.5. The van der Waals surface area contributed by atoms with Gasteiger partial charge in [0.1, 0.15) is 6.10 Å². The Morgan fingerprint density at radius 3 is 2.17 bits per heavy atom. The van der Waals surface area contributed by atoms with E-state index in [1.165, 1.54) is 26.2 Å². The van der Waals surface area contributed by atoms with Crippen molar-refractivity contribution < 1.29 is 19.1 Å². The number of carbonyl (C=O) groups is 2. The highest BCUT2D eigenvalue weighted by molar-refractivity contribution is 6.74. The lowest BCUT2D eigenvalue weighted by Crippen LogP contribution is -2.54. The standard InChI is InChI=1S/C18H35NO4Si/c1-13(20)16(23-24(5,6)18(2,3)4)15(19-17(21)22)12-14-10-8-7-9-11-14/h14-16,19H,7-12H2,1-6H3,(H,21,22)/t15-,16-/m0/s1. The number of hydrogen-bond acceptors (Lipinski definition) is 3. The van der Waals surface area contributed by atoms with Gasteiger partial charge < -0.3 is 14.8 Å². The highest BCUT2D eigenvalue weighted by Gasteiger charge is 2.42. The minimum atomic E-state index is -2.16. The maximum atomic E-state index is 12.3. The van der Waals surface area contributed by atoms with Crippen molar-refractivity contribution in [3.63, 3.8) is 0 Å². The van der Waals surface area contributed by atoms with E-state index in [1.807, 2.05) is 0 Å². The Bertz CT molecular complexity index is 439. The average Bonchev–Trinajstić information content (AvgIpc) is 2.43. The molecule has 0 radical (unpaired) electrons. The largest absolute Gasteiger partial charge is 0.465 e. The summed E-state index contributed by atoms with van der Waals surface area (Å²) < 4.78 is 6.33. The van der Waals surface area contributed by atoms with Gasteiger partial charge >= 0.3 is 6.09 Å². The first-order valence-electron chi connectivity index (χ1n) is 9.12. The fraction of sp³-hybridized carbons (Fsp3) is 0.889. The average molecular weight is 358 g/mol. The molecule has 1 aliphatic carbocycles. The third-order valence-electron chi connectivity index (χ3n) is 5.61. The molecular formula is C18H35NO4Si. The van der Waals surface area contributed by atoms with E-state index in [4.69, 9.17) is 4.43 Å². The van der Waals surface area contributed by atoms with Gasteiger partial charge in [0.15, 0.2) is 14.1 Å². The van der Waals surface area contributed by atoms with Crippen molar-refractivity contribution in [1.82, 2.24) is 5.32 Å². The summed E-state index contributed by atoms with van der Waals surface area (Å²) in [6.07, 6.45) is 4.78. The van der Waals surface area contributed by atoms with Gasteiger partial charge in [-0.05, 0) is 37.4 Å². The van der Waals surface area contributed by atoms with Crippen LogP contribution < -0.4 is 5.32 Å². The van der Waals surface area contributed by atoms with E-state index in [0.29, 0.717) is 12.3 Å². The van der Waals surface area contributed by atoms with E-state index in [1.54, 1.807) is 0 Å². The Hall–Kier alpha value is -0.883. The van der Waals surface area contributed by atoms with Crippen molar-refractivity contribution >= 4 is 20.2 Å². The summed E-state index contributed by atoms with van der Waals surface area (Å²) in [5, 5.41) is 11.8. The zero-order valence-electron chi connectivity index (χ0n) is 16.1. The van der Waals surface area contributed by atoms with Crippen LogP contribution in [0.15, 0.2) is 0 Å². The van der Waals surface area contributed by atoms with Crippen LogP contribution in [0.4, 0.5) is 4.79 Å². The maximum absolute atomic E-state index is 12.3. The van der Waals surface area contributed by atoms with Crippen LogP contribution in [-0.4, -0.2) is 37.4 Å². The zero-order valence-corrected chi connectivity index (χ0v) is 17.1. The molecule has 1 aliphatic rings. The lowest BCUT2D eigenvalue weighted by Gasteiger charge is -2.41. The number of ketones is 1. The van der Waals surface area contributed by atoms with Crippen LogP contribution in [0, 0.1) is 5.92 Å². The summed E-state index contributed by atoms with van der Waals surface area (Å²) in [6.45, 7) is 12.1. The molecule has 0 aromatic rings. The third kappa shape index (κ3) is 6.20. The van der Waals surface area contributed by atoms with E-state index >= 15 is 0 Å². The molecule has 1 fully saturated rings. The Morgan fingerprint density at radius 2 is 1.75 bits per heavy atom. The van der Waals surface area contributed by atoms with Crippen LogP contribution in [0.2, 0.25) is 18.1 Å². The summed E-state index contributed by atoms with van der Waals surface area (Å²) in [5.41, 5.74) is 0. The number of carboxylic acid groups (broad SMARTS) is 1. The van der Waals surface area contributed by atoms with E-state index < -0.39 is 26.6 Å². The zero-order chi connectivity index (χ0) is 18.5. The molecule has 0 saturated heterocycles. The van der Waals surface area contributed by atoms with Gasteiger partial charge in [0.25, 0.3) is 0 Å². The first kappa shape index (κ1) is 21.2. The summed E-state index contributed by atoms with van der Waals surface area (Å²) in [5.74, 6) is 0.384. The number of hydrogen-bond donors (Lipinski definition) is 2. The van der Waals surface area contributed by atoms with E-state index in [-0.39, 0.29) is 10.8 Å². The molecule has 5 nitrogen and oxygen atoms in total.